The van der Waals surface area contributed by atoms with E-state index in [1.807, 2.05) is 18.2 Å². The fraction of sp³-hybridized carbons (Fsp3) is 0.500. The van der Waals surface area contributed by atoms with Crippen molar-refractivity contribution in [2.75, 3.05) is 0 Å². The standard InChI is InChI=1S/C20H28O3S.K/c1-3-5-7-10-16-11-9-13-18-17(16)14-15-20(24(21,22)23)19(18)12-8-6-4-2;/h9,11,13-15H,3-8,10,12H2,1-2H3,(H,21,22,23);/q;+1/p-1. The van der Waals surface area contributed by atoms with Crippen molar-refractivity contribution in [3.8, 4) is 0 Å². The van der Waals surface area contributed by atoms with Crippen LogP contribution in [0.15, 0.2) is 35.2 Å². The molecule has 0 radical (unpaired) electrons. The summed E-state index contributed by atoms with van der Waals surface area (Å²) in [7, 11) is -4.45. The van der Waals surface area contributed by atoms with Gasteiger partial charge in [-0.25, -0.2) is 8.42 Å². The summed E-state index contributed by atoms with van der Waals surface area (Å²) in [5.74, 6) is 0. The molecular formula is C20H27KO3S. The van der Waals surface area contributed by atoms with Crippen LogP contribution < -0.4 is 51.4 Å². The fourth-order valence-corrected chi connectivity index (χ4v) is 4.04. The van der Waals surface area contributed by atoms with Crippen molar-refractivity contribution in [2.24, 2.45) is 0 Å². The van der Waals surface area contributed by atoms with Gasteiger partial charge in [-0.3, -0.25) is 0 Å². The van der Waals surface area contributed by atoms with Crippen LogP contribution >= 0.6 is 0 Å². The van der Waals surface area contributed by atoms with Crippen molar-refractivity contribution in [2.45, 2.75) is 70.1 Å². The quantitative estimate of drug-likeness (QED) is 0.377. The van der Waals surface area contributed by atoms with E-state index in [1.165, 1.54) is 24.5 Å². The molecule has 0 aliphatic carbocycles. The van der Waals surface area contributed by atoms with Crippen LogP contribution in [0.25, 0.3) is 10.8 Å². The third kappa shape index (κ3) is 6.42. The third-order valence-corrected chi connectivity index (χ3v) is 5.49. The number of benzene rings is 2. The van der Waals surface area contributed by atoms with E-state index in [4.69, 9.17) is 0 Å². The van der Waals surface area contributed by atoms with Crippen molar-refractivity contribution in [3.63, 3.8) is 0 Å². The molecular weight excluding hydrogens is 359 g/mol. The molecule has 132 valence electrons. The molecule has 0 bridgehead atoms. The van der Waals surface area contributed by atoms with E-state index in [0.717, 1.165) is 42.9 Å². The van der Waals surface area contributed by atoms with Crippen LogP contribution in [0.4, 0.5) is 0 Å². The van der Waals surface area contributed by atoms with Crippen molar-refractivity contribution >= 4 is 20.9 Å². The van der Waals surface area contributed by atoms with Gasteiger partial charge in [-0.1, -0.05) is 63.8 Å². The van der Waals surface area contributed by atoms with Crippen LogP contribution in [0.1, 0.15) is 63.5 Å². The van der Waals surface area contributed by atoms with Crippen molar-refractivity contribution in [3.05, 3.63) is 41.5 Å². The average Bonchev–Trinajstić information content (AvgIpc) is 2.54. The maximum atomic E-state index is 11.7. The summed E-state index contributed by atoms with van der Waals surface area (Å²) in [5.41, 5.74) is 1.95. The molecule has 3 nitrogen and oxygen atoms in total. The van der Waals surface area contributed by atoms with Gasteiger partial charge in [0.25, 0.3) is 0 Å². The summed E-state index contributed by atoms with van der Waals surface area (Å²) in [4.78, 5) is -0.0446. The molecule has 0 aliphatic rings. The summed E-state index contributed by atoms with van der Waals surface area (Å²) >= 11 is 0. The fourth-order valence-electron chi connectivity index (χ4n) is 3.29. The Kier molecular flexibility index (Phi) is 10.4. The first-order valence-corrected chi connectivity index (χ1v) is 10.4. The summed E-state index contributed by atoms with van der Waals surface area (Å²) in [6, 6.07) is 9.36. The predicted octanol–water partition coefficient (Wildman–Crippen LogP) is 2.21. The molecule has 0 saturated carbocycles. The van der Waals surface area contributed by atoms with E-state index in [9.17, 15) is 13.0 Å². The van der Waals surface area contributed by atoms with Crippen LogP contribution in [0.2, 0.25) is 0 Å². The van der Waals surface area contributed by atoms with Crippen molar-refractivity contribution < 1.29 is 64.4 Å². The second-order valence-corrected chi connectivity index (χ2v) is 7.77. The van der Waals surface area contributed by atoms with E-state index in [2.05, 4.69) is 19.9 Å². The molecule has 2 aromatic carbocycles. The van der Waals surface area contributed by atoms with Gasteiger partial charge in [-0.05, 0) is 53.6 Å². The summed E-state index contributed by atoms with van der Waals surface area (Å²) < 4.78 is 35.0. The number of hydrogen-bond acceptors (Lipinski definition) is 3. The number of fused-ring (bicyclic) bond motifs is 1. The predicted molar refractivity (Wildman–Crippen MR) is 98.4 cm³/mol. The monoisotopic (exact) mass is 386 g/mol. The molecule has 0 spiro atoms. The largest absolute Gasteiger partial charge is 1.00 e. The molecule has 0 amide bonds. The van der Waals surface area contributed by atoms with Crippen molar-refractivity contribution in [1.82, 2.24) is 0 Å². The van der Waals surface area contributed by atoms with E-state index < -0.39 is 10.1 Å². The Hall–Kier alpha value is 0.246. The molecule has 0 aromatic heterocycles. The Bertz CT molecular complexity index is 785. The zero-order valence-electron chi connectivity index (χ0n) is 15.7. The SMILES string of the molecule is CCCCCc1cccc2c(CCCCC)c(S(=O)(=O)[O-])ccc12.[K+]. The number of aryl methyl sites for hydroxylation is 2. The maximum Gasteiger partial charge on any atom is 1.00 e. The van der Waals surface area contributed by atoms with Gasteiger partial charge >= 0.3 is 51.4 Å². The molecule has 0 heterocycles. The topological polar surface area (TPSA) is 57.2 Å². The van der Waals surface area contributed by atoms with Crippen molar-refractivity contribution in [1.29, 1.82) is 0 Å². The summed E-state index contributed by atoms with van der Waals surface area (Å²) in [6.45, 7) is 4.29. The molecule has 0 unspecified atom stereocenters. The van der Waals surface area contributed by atoms with Gasteiger partial charge < -0.3 is 4.55 Å². The van der Waals surface area contributed by atoms with E-state index >= 15 is 0 Å². The first-order chi connectivity index (χ1) is 11.5. The second-order valence-electron chi connectivity index (χ2n) is 6.42. The Morgan fingerprint density at radius 3 is 2.08 bits per heavy atom. The van der Waals surface area contributed by atoms with E-state index in [0.29, 0.717) is 12.0 Å². The van der Waals surface area contributed by atoms with Gasteiger partial charge in [0.2, 0.25) is 0 Å². The summed E-state index contributed by atoms with van der Waals surface area (Å²) in [6.07, 6.45) is 8.11. The van der Waals surface area contributed by atoms with E-state index in [1.54, 1.807) is 0 Å². The normalized spacial score (nSPS) is 11.5. The van der Waals surface area contributed by atoms with Gasteiger partial charge in [0.1, 0.15) is 10.1 Å². The zero-order chi connectivity index (χ0) is 17.6. The minimum atomic E-state index is -4.45. The van der Waals surface area contributed by atoms with Crippen LogP contribution in [0.5, 0.6) is 0 Å². The smallest absolute Gasteiger partial charge is 0.744 e. The van der Waals surface area contributed by atoms with Gasteiger partial charge in [0.15, 0.2) is 0 Å². The maximum absolute atomic E-state index is 11.7. The first-order valence-electron chi connectivity index (χ1n) is 8.98. The molecule has 2 aromatic rings. The molecule has 25 heavy (non-hydrogen) atoms. The van der Waals surface area contributed by atoms with Gasteiger partial charge in [0.05, 0.1) is 4.90 Å². The van der Waals surface area contributed by atoms with Crippen LogP contribution in [-0.4, -0.2) is 13.0 Å². The molecule has 2 rings (SSSR count). The summed E-state index contributed by atoms with van der Waals surface area (Å²) in [5, 5.41) is 2.02. The van der Waals surface area contributed by atoms with Gasteiger partial charge in [-0.15, -0.1) is 0 Å². The third-order valence-electron chi connectivity index (χ3n) is 4.57. The average molecular weight is 387 g/mol. The first kappa shape index (κ1) is 23.3. The van der Waals surface area contributed by atoms with Gasteiger partial charge in [-0.2, -0.15) is 0 Å². The molecule has 0 fully saturated rings. The Labute approximate surface area is 194 Å². The number of hydrogen-bond donors (Lipinski definition) is 0. The molecule has 0 aliphatic heterocycles. The van der Waals surface area contributed by atoms with Gasteiger partial charge in [0, 0.05) is 0 Å². The molecule has 0 atom stereocenters. The van der Waals surface area contributed by atoms with Crippen LogP contribution in [0, 0.1) is 0 Å². The van der Waals surface area contributed by atoms with Crippen LogP contribution in [-0.2, 0) is 23.0 Å². The minimum Gasteiger partial charge on any atom is -0.744 e. The second kappa shape index (κ2) is 11.2. The minimum absolute atomic E-state index is 0. The molecule has 0 saturated heterocycles. The molecule has 5 heteroatoms. The van der Waals surface area contributed by atoms with Crippen LogP contribution in [0.3, 0.4) is 0 Å². The molecule has 0 N–H and O–H groups in total. The Morgan fingerprint density at radius 2 is 1.48 bits per heavy atom. The Morgan fingerprint density at radius 1 is 0.840 bits per heavy atom. The number of unbranched alkanes of at least 4 members (excludes halogenated alkanes) is 4. The zero-order valence-corrected chi connectivity index (χ0v) is 19.6. The Balaban J connectivity index is 0.00000312. The number of rotatable bonds is 9. The van der Waals surface area contributed by atoms with E-state index in [-0.39, 0.29) is 56.3 Å².